The van der Waals surface area contributed by atoms with Gasteiger partial charge in [0.15, 0.2) is 0 Å². The summed E-state index contributed by atoms with van der Waals surface area (Å²) in [5, 5.41) is 21.9. The van der Waals surface area contributed by atoms with Crippen LogP contribution in [0.4, 0.5) is 5.95 Å². The topological polar surface area (TPSA) is 123 Å². The Kier molecular flexibility index (Phi) is 2.96. The first-order valence-corrected chi connectivity index (χ1v) is 4.82. The van der Waals surface area contributed by atoms with E-state index < -0.39 is 11.9 Å². The van der Waals surface area contributed by atoms with Crippen molar-refractivity contribution in [1.29, 1.82) is 0 Å². The molecule has 1 amide bonds. The molecule has 0 aliphatic carbocycles. The number of nitrogens with one attached hydrogen (secondary N) is 1. The molecule has 0 radical (unpaired) electrons. The molecule has 0 saturated carbocycles. The van der Waals surface area contributed by atoms with Gasteiger partial charge < -0.3 is 5.11 Å². The zero-order chi connectivity index (χ0) is 13.1. The van der Waals surface area contributed by atoms with Crippen LogP contribution in [0.25, 0.3) is 0 Å². The summed E-state index contributed by atoms with van der Waals surface area (Å²) in [6, 6.07) is 4.10. The van der Waals surface area contributed by atoms with Crippen molar-refractivity contribution < 1.29 is 14.7 Å². The first-order valence-electron chi connectivity index (χ1n) is 4.82. The van der Waals surface area contributed by atoms with Crippen molar-refractivity contribution >= 4 is 17.8 Å². The number of aryl methyl sites for hydroxylation is 1. The first kappa shape index (κ1) is 11.6. The minimum atomic E-state index is -1.21. The largest absolute Gasteiger partial charge is 0.477 e. The molecule has 18 heavy (non-hydrogen) atoms. The maximum atomic E-state index is 11.7. The van der Waals surface area contributed by atoms with E-state index in [-0.39, 0.29) is 17.3 Å². The standard InChI is InChI=1S/C9H8N6O3/c1-15-13-9(12-14-15)11-7(16)5-3-2-4-6(10-5)8(17)18/h2-4H,1H3,(H,17,18)(H,11,13,16). The Morgan fingerprint density at radius 1 is 1.33 bits per heavy atom. The first-order chi connectivity index (χ1) is 8.56. The number of hydrogen-bond donors (Lipinski definition) is 2. The van der Waals surface area contributed by atoms with Crippen LogP contribution < -0.4 is 5.32 Å². The molecule has 9 nitrogen and oxygen atoms in total. The van der Waals surface area contributed by atoms with Gasteiger partial charge in [0, 0.05) is 0 Å². The van der Waals surface area contributed by atoms with Crippen LogP contribution in [0.5, 0.6) is 0 Å². The smallest absolute Gasteiger partial charge is 0.354 e. The lowest BCUT2D eigenvalue weighted by molar-refractivity contribution is 0.0690. The molecule has 2 aromatic heterocycles. The Bertz CT molecular complexity index is 608. The summed E-state index contributed by atoms with van der Waals surface area (Å²) in [5.41, 5.74) is -0.253. The van der Waals surface area contributed by atoms with Crippen LogP contribution in [-0.4, -0.2) is 42.2 Å². The lowest BCUT2D eigenvalue weighted by Crippen LogP contribution is -2.16. The number of anilines is 1. The maximum absolute atomic E-state index is 11.7. The zero-order valence-corrected chi connectivity index (χ0v) is 9.23. The van der Waals surface area contributed by atoms with Crippen LogP contribution in [0.2, 0.25) is 0 Å². The van der Waals surface area contributed by atoms with E-state index >= 15 is 0 Å². The predicted octanol–water partition coefficient (Wildman–Crippen LogP) is -0.444. The molecule has 92 valence electrons. The highest BCUT2D eigenvalue weighted by Crippen LogP contribution is 2.02. The van der Waals surface area contributed by atoms with E-state index in [1.807, 2.05) is 0 Å². The van der Waals surface area contributed by atoms with Gasteiger partial charge in [0.2, 0.25) is 0 Å². The predicted molar refractivity (Wildman–Crippen MR) is 57.9 cm³/mol. The van der Waals surface area contributed by atoms with Crippen LogP contribution in [-0.2, 0) is 7.05 Å². The molecule has 0 spiro atoms. The van der Waals surface area contributed by atoms with Crippen LogP contribution in [0.15, 0.2) is 18.2 Å². The van der Waals surface area contributed by atoms with Crippen LogP contribution in [0.3, 0.4) is 0 Å². The van der Waals surface area contributed by atoms with E-state index in [9.17, 15) is 9.59 Å². The van der Waals surface area contributed by atoms with Crippen LogP contribution in [0.1, 0.15) is 21.0 Å². The molecule has 0 aliphatic heterocycles. The van der Waals surface area contributed by atoms with Crippen LogP contribution in [0, 0.1) is 0 Å². The van der Waals surface area contributed by atoms with Gasteiger partial charge >= 0.3 is 5.97 Å². The minimum absolute atomic E-state index is 0.0185. The Morgan fingerprint density at radius 2 is 2.06 bits per heavy atom. The molecule has 0 aliphatic rings. The highest BCUT2D eigenvalue weighted by atomic mass is 16.4. The Morgan fingerprint density at radius 3 is 2.67 bits per heavy atom. The number of rotatable bonds is 3. The molecule has 0 saturated heterocycles. The Balaban J connectivity index is 2.18. The molecule has 2 heterocycles. The highest BCUT2D eigenvalue weighted by Gasteiger charge is 2.13. The summed E-state index contributed by atoms with van der Waals surface area (Å²) < 4.78 is 0. The van der Waals surface area contributed by atoms with Gasteiger partial charge in [0.1, 0.15) is 11.4 Å². The second-order valence-corrected chi connectivity index (χ2v) is 3.27. The molecule has 9 heteroatoms. The van der Waals surface area contributed by atoms with Crippen molar-refractivity contribution in [3.8, 4) is 0 Å². The number of tetrazole rings is 1. The number of nitrogens with zero attached hydrogens (tertiary/aromatic N) is 5. The van der Waals surface area contributed by atoms with E-state index in [1.165, 1.54) is 23.0 Å². The lowest BCUT2D eigenvalue weighted by atomic mass is 10.3. The fraction of sp³-hybridized carbons (Fsp3) is 0.111. The van der Waals surface area contributed by atoms with E-state index in [0.29, 0.717) is 0 Å². The third-order valence-electron chi connectivity index (χ3n) is 1.93. The lowest BCUT2D eigenvalue weighted by Gasteiger charge is -2.00. The summed E-state index contributed by atoms with van der Waals surface area (Å²) in [4.78, 5) is 27.3. The fourth-order valence-corrected chi connectivity index (χ4v) is 1.18. The number of aromatic nitrogens is 5. The SMILES string of the molecule is Cn1nnc(NC(=O)c2cccc(C(=O)O)n2)n1. The number of carbonyl (C=O) groups is 2. The molecule has 2 N–H and O–H groups in total. The summed E-state index contributed by atoms with van der Waals surface area (Å²) in [5.74, 6) is -1.79. The van der Waals surface area contributed by atoms with Crippen molar-refractivity contribution in [2.24, 2.45) is 7.05 Å². The quantitative estimate of drug-likeness (QED) is 0.754. The molecule has 0 unspecified atom stereocenters. The molecule has 0 bridgehead atoms. The summed E-state index contributed by atoms with van der Waals surface area (Å²) in [6.07, 6.45) is 0. The van der Waals surface area contributed by atoms with Gasteiger partial charge in [-0.15, -0.1) is 5.10 Å². The number of hydrogen-bond acceptors (Lipinski definition) is 6. The number of carboxylic acids is 1. The molecule has 0 aromatic carbocycles. The molecule has 0 atom stereocenters. The molecule has 2 rings (SSSR count). The third-order valence-corrected chi connectivity index (χ3v) is 1.93. The Labute approximate surface area is 100 Å². The van der Waals surface area contributed by atoms with Crippen molar-refractivity contribution in [3.05, 3.63) is 29.6 Å². The third kappa shape index (κ3) is 2.45. The normalized spacial score (nSPS) is 10.1. The summed E-state index contributed by atoms with van der Waals surface area (Å²) in [7, 11) is 1.55. The number of pyridine rings is 1. The van der Waals surface area contributed by atoms with Gasteiger partial charge in [0.05, 0.1) is 7.05 Å². The number of amides is 1. The number of carboxylic acid groups (broad SMARTS) is 1. The molecule has 0 fully saturated rings. The van der Waals surface area contributed by atoms with E-state index in [0.717, 1.165) is 0 Å². The van der Waals surface area contributed by atoms with E-state index in [2.05, 4.69) is 25.7 Å². The fourth-order valence-electron chi connectivity index (χ4n) is 1.18. The van der Waals surface area contributed by atoms with Gasteiger partial charge in [-0.25, -0.2) is 9.78 Å². The van der Waals surface area contributed by atoms with Crippen molar-refractivity contribution in [3.63, 3.8) is 0 Å². The van der Waals surface area contributed by atoms with Crippen molar-refractivity contribution in [2.45, 2.75) is 0 Å². The van der Waals surface area contributed by atoms with Crippen molar-refractivity contribution in [1.82, 2.24) is 25.2 Å². The number of aromatic carboxylic acids is 1. The molecular formula is C9H8N6O3. The second kappa shape index (κ2) is 4.57. The van der Waals surface area contributed by atoms with Gasteiger partial charge in [-0.05, 0) is 17.3 Å². The summed E-state index contributed by atoms with van der Waals surface area (Å²) in [6.45, 7) is 0. The van der Waals surface area contributed by atoms with Gasteiger partial charge in [0.25, 0.3) is 11.9 Å². The summed E-state index contributed by atoms with van der Waals surface area (Å²) >= 11 is 0. The zero-order valence-electron chi connectivity index (χ0n) is 9.23. The minimum Gasteiger partial charge on any atom is -0.477 e. The highest BCUT2D eigenvalue weighted by molar-refractivity contribution is 6.02. The van der Waals surface area contributed by atoms with Gasteiger partial charge in [-0.2, -0.15) is 4.80 Å². The van der Waals surface area contributed by atoms with Crippen molar-refractivity contribution in [2.75, 3.05) is 5.32 Å². The van der Waals surface area contributed by atoms with E-state index in [1.54, 1.807) is 7.05 Å². The van der Waals surface area contributed by atoms with E-state index in [4.69, 9.17) is 5.11 Å². The maximum Gasteiger partial charge on any atom is 0.354 e. The molecule has 2 aromatic rings. The average Bonchev–Trinajstić information content (AvgIpc) is 2.75. The molecular weight excluding hydrogens is 240 g/mol. The second-order valence-electron chi connectivity index (χ2n) is 3.27. The monoisotopic (exact) mass is 248 g/mol. The van der Waals surface area contributed by atoms with Crippen LogP contribution >= 0.6 is 0 Å². The van der Waals surface area contributed by atoms with Gasteiger partial charge in [-0.3, -0.25) is 10.1 Å². The average molecular weight is 248 g/mol. The number of carbonyl (C=O) groups excluding carboxylic acids is 1. The van der Waals surface area contributed by atoms with Gasteiger partial charge in [-0.1, -0.05) is 11.2 Å². The Hall–Kier alpha value is -2.84.